The van der Waals surface area contributed by atoms with Gasteiger partial charge in [-0.2, -0.15) is 0 Å². The summed E-state index contributed by atoms with van der Waals surface area (Å²) in [7, 11) is 12.6. The first-order valence-electron chi connectivity index (χ1n) is 26.8. The van der Waals surface area contributed by atoms with Crippen LogP contribution in [0, 0.1) is 0 Å². The normalized spacial score (nSPS) is 11.3. The highest BCUT2D eigenvalue weighted by Crippen LogP contribution is 2.31. The highest BCUT2D eigenvalue weighted by atomic mass is 16.3. The lowest BCUT2D eigenvalue weighted by molar-refractivity contribution is -0.121. The number of carbonyl (C=O) groups is 10. The minimum Gasteiger partial charge on any atom is -0.504 e. The molecule has 0 aromatic carbocycles. The third-order valence-electron chi connectivity index (χ3n) is 13.5. The lowest BCUT2D eigenvalue weighted by atomic mass is 10.2. The van der Waals surface area contributed by atoms with Crippen LogP contribution in [-0.2, 0) is 66.0 Å². The van der Waals surface area contributed by atoms with Gasteiger partial charge < -0.3 is 106 Å². The molecule has 15 N–H and O–H groups in total. The Morgan fingerprint density at radius 3 is 1.40 bits per heavy atom. The van der Waals surface area contributed by atoms with Crippen molar-refractivity contribution in [3.05, 3.63) is 126 Å². The number of nitrogens with two attached hydrogens (primary N) is 2. The predicted molar refractivity (Wildman–Crippen MR) is 319 cm³/mol. The Labute approximate surface area is 500 Å². The quantitative estimate of drug-likeness (QED) is 0.0381. The van der Waals surface area contributed by atoms with Gasteiger partial charge in [0.15, 0.2) is 28.9 Å². The average Bonchev–Trinajstić information content (AvgIpc) is 2.50. The van der Waals surface area contributed by atoms with Gasteiger partial charge in [0.1, 0.15) is 28.5 Å². The second kappa shape index (κ2) is 26.6. The molecule has 8 aromatic rings. The highest BCUT2D eigenvalue weighted by molar-refractivity contribution is 6.11. The maximum Gasteiger partial charge on any atom is 0.292 e. The molecule has 0 radical (unpaired) electrons. The molecule has 0 aliphatic rings. The van der Waals surface area contributed by atoms with E-state index in [0.29, 0.717) is 18.8 Å². The van der Waals surface area contributed by atoms with E-state index in [1.807, 2.05) is 0 Å². The number of hydrogen-bond acceptors (Lipinski definition) is 16. The van der Waals surface area contributed by atoms with Crippen molar-refractivity contribution < 1.29 is 53.1 Å². The molecule has 1 unspecified atom stereocenters. The van der Waals surface area contributed by atoms with E-state index in [2.05, 4.69) is 68.1 Å². The van der Waals surface area contributed by atoms with Crippen molar-refractivity contribution in [1.82, 2.24) is 67.4 Å². The van der Waals surface area contributed by atoms with E-state index in [1.54, 1.807) is 47.6 Å². The van der Waals surface area contributed by atoms with E-state index in [1.165, 1.54) is 125 Å². The molecule has 0 aliphatic carbocycles. The van der Waals surface area contributed by atoms with Gasteiger partial charge in [-0.25, -0.2) is 15.0 Å². The van der Waals surface area contributed by atoms with E-state index >= 15 is 0 Å². The van der Waals surface area contributed by atoms with Gasteiger partial charge in [-0.05, 0) is 30.7 Å². The topological polar surface area (TPSA) is 441 Å². The summed E-state index contributed by atoms with van der Waals surface area (Å²) in [6, 6.07) is 4.63. The number of nitrogens with one attached hydrogen (secondary N) is 10. The Hall–Kier alpha value is -11.6. The van der Waals surface area contributed by atoms with Crippen molar-refractivity contribution >= 4 is 99.1 Å². The number of anilines is 7. The molecular formula is C54H65N23O11. The van der Waals surface area contributed by atoms with Crippen molar-refractivity contribution in [1.29, 1.82) is 0 Å². The number of aromatic hydroxyl groups is 1. The number of hydrogen-bond donors (Lipinski definition) is 13. The molecule has 34 nitrogen and oxygen atoms in total. The van der Waals surface area contributed by atoms with Crippen molar-refractivity contribution in [2.45, 2.75) is 18.9 Å². The van der Waals surface area contributed by atoms with Gasteiger partial charge in [-0.1, -0.05) is 0 Å². The fraction of sp³-hybridized carbons (Fsp3) is 0.278. The fourth-order valence-corrected chi connectivity index (χ4v) is 9.05. The van der Waals surface area contributed by atoms with Gasteiger partial charge in [0.05, 0.1) is 28.8 Å². The summed E-state index contributed by atoms with van der Waals surface area (Å²) in [5.41, 5.74) is 12.9. The minimum absolute atomic E-state index is 0.00244. The minimum atomic E-state index is -1.14. The zero-order valence-electron chi connectivity index (χ0n) is 48.9. The third kappa shape index (κ3) is 14.5. The lowest BCUT2D eigenvalue weighted by Gasteiger charge is -2.12. The van der Waals surface area contributed by atoms with Gasteiger partial charge in [0.2, 0.25) is 23.5 Å². The molecule has 0 saturated carbocycles. The zero-order valence-corrected chi connectivity index (χ0v) is 48.9. The molecule has 0 saturated heterocycles. The van der Waals surface area contributed by atoms with Gasteiger partial charge >= 0.3 is 0 Å². The third-order valence-corrected chi connectivity index (χ3v) is 13.5. The van der Waals surface area contributed by atoms with Crippen LogP contribution in [0.3, 0.4) is 0 Å². The molecule has 0 fully saturated rings. The van der Waals surface area contributed by atoms with E-state index in [0.717, 1.165) is 0 Å². The zero-order chi connectivity index (χ0) is 63.8. The molecule has 0 aliphatic heterocycles. The van der Waals surface area contributed by atoms with Gasteiger partial charge in [0.25, 0.3) is 47.3 Å². The van der Waals surface area contributed by atoms with E-state index in [-0.39, 0.29) is 112 Å². The van der Waals surface area contributed by atoms with Crippen LogP contribution in [0.1, 0.15) is 97.1 Å². The molecule has 34 heteroatoms. The molecule has 462 valence electrons. The van der Waals surface area contributed by atoms with Crippen molar-refractivity contribution in [2.24, 2.45) is 67.8 Å². The van der Waals surface area contributed by atoms with Crippen molar-refractivity contribution in [2.75, 3.05) is 63.4 Å². The van der Waals surface area contributed by atoms with Gasteiger partial charge in [-0.3, -0.25) is 47.9 Å². The Bertz CT molecular complexity index is 4050. The number of nitrogens with zero attached hydrogens (tertiary/aromatic N) is 11. The molecule has 10 amide bonds. The monoisotopic (exact) mass is 1210 g/mol. The Morgan fingerprint density at radius 1 is 0.466 bits per heavy atom. The van der Waals surface area contributed by atoms with Gasteiger partial charge in [0, 0.05) is 145 Å². The van der Waals surface area contributed by atoms with Crippen LogP contribution in [0.4, 0.5) is 40.1 Å². The molecule has 1 atom stereocenters. The molecular weight excluding hydrogens is 1150 g/mol. The summed E-state index contributed by atoms with van der Waals surface area (Å²) >= 11 is 0. The number of carbonyl (C=O) groups excluding carboxylic acids is 10. The largest absolute Gasteiger partial charge is 0.504 e. The second-order valence-electron chi connectivity index (χ2n) is 20.2. The van der Waals surface area contributed by atoms with E-state index in [9.17, 15) is 53.1 Å². The molecule has 8 heterocycles. The Kier molecular flexibility index (Phi) is 18.9. The van der Waals surface area contributed by atoms with Crippen molar-refractivity contribution in [3.8, 4) is 5.75 Å². The summed E-state index contributed by atoms with van der Waals surface area (Å²) in [5, 5.41) is 37.5. The second-order valence-corrected chi connectivity index (χ2v) is 20.2. The maximum atomic E-state index is 13.5. The fourth-order valence-electron chi connectivity index (χ4n) is 9.05. The van der Waals surface area contributed by atoms with Crippen LogP contribution in [0.5, 0.6) is 5.75 Å². The molecule has 0 bridgehead atoms. The number of aromatic nitrogens is 11. The van der Waals surface area contributed by atoms with Crippen LogP contribution < -0.4 is 64.6 Å². The van der Waals surface area contributed by atoms with Crippen LogP contribution in [0.15, 0.2) is 80.0 Å². The van der Waals surface area contributed by atoms with Crippen molar-refractivity contribution in [3.63, 3.8) is 0 Å². The smallest absolute Gasteiger partial charge is 0.292 e. The lowest BCUT2D eigenvalue weighted by Crippen LogP contribution is -2.39. The summed E-state index contributed by atoms with van der Waals surface area (Å²) in [6.07, 6.45) is 13.3. The van der Waals surface area contributed by atoms with Crippen LogP contribution in [0.25, 0.3) is 0 Å². The van der Waals surface area contributed by atoms with E-state index in [4.69, 9.17) is 11.5 Å². The SMILES string of the molecule is Cn1cc(NC(=O)c2cc(NC(=O)c3cc(NC(=O)c4nc(NC(=O)C(N)CCNC(=O)c5cc(NC(=O)c6c(O)c(NC(=O)c7nc(NC(=O)c8nccn8C)cn7C)cn6C)cn5C)cn4C)cn3C)cn2C)cc1C(=O)NCCC(=O)NCCN. The number of imidazole rings is 3. The van der Waals surface area contributed by atoms with Crippen LogP contribution >= 0.6 is 0 Å². The Morgan fingerprint density at radius 2 is 0.909 bits per heavy atom. The first-order valence-corrected chi connectivity index (χ1v) is 26.8. The summed E-state index contributed by atoms with van der Waals surface area (Å²) in [4.78, 5) is 143. The summed E-state index contributed by atoms with van der Waals surface area (Å²) in [5.74, 6) is -6.38. The summed E-state index contributed by atoms with van der Waals surface area (Å²) < 4.78 is 11.5. The molecule has 8 rings (SSSR count). The van der Waals surface area contributed by atoms with Gasteiger partial charge in [-0.15, -0.1) is 0 Å². The molecule has 8 aromatic heterocycles. The first kappa shape index (κ1) is 62.5. The maximum absolute atomic E-state index is 13.5. The van der Waals surface area contributed by atoms with E-state index < -0.39 is 65.0 Å². The molecule has 88 heavy (non-hydrogen) atoms. The standard InChI is InChI=1S/C54H65N23O11/c1-70-16-15-58-43(70)52(86)69-39-27-77(8)45(67-39)54(88)65-33-25-75(6)41(42(33)79)51(85)63-30-18-35(72(3)23-30)47(81)59-12-9-32(56)46(80)68-38-26-76(7)44(66-38)53(87)64-31-20-37(74(5)24-31)50(84)62-29-19-36(73(4)22-29)49(83)61-28-17-34(71(2)21-28)48(82)60-13-10-40(78)57-14-11-55/h15-27,32,79H,9-14,55-56H2,1-8H3,(H,57,78)(H,59,81)(H,60,82)(H,61,83)(H,62,84)(H,63,85)(H,64,87)(H,65,88)(H,68,80)(H,69,86). The predicted octanol–water partition coefficient (Wildman–Crippen LogP) is 0.0797. The average molecular weight is 1210 g/mol. The number of amides is 10. The number of rotatable bonds is 24. The first-order chi connectivity index (χ1) is 41.8. The van der Waals surface area contributed by atoms with Crippen LogP contribution in [0.2, 0.25) is 0 Å². The van der Waals surface area contributed by atoms with Crippen LogP contribution in [-0.4, -0.2) is 148 Å². The number of aryl methyl sites for hydroxylation is 8. The molecule has 0 spiro atoms. The summed E-state index contributed by atoms with van der Waals surface area (Å²) in [6.45, 7) is 0.668. The highest BCUT2D eigenvalue weighted by Gasteiger charge is 2.27. The Balaban J connectivity index is 0.774.